The van der Waals surface area contributed by atoms with E-state index in [9.17, 15) is 0 Å². The Hall–Kier alpha value is -5.22. The Kier molecular flexibility index (Phi) is 4.49. The molecule has 8 rings (SSSR count). The molecule has 178 valence electrons. The van der Waals surface area contributed by atoms with E-state index >= 15 is 0 Å². The van der Waals surface area contributed by atoms with Gasteiger partial charge in [-0.2, -0.15) is 0 Å². The van der Waals surface area contributed by atoms with Crippen molar-refractivity contribution in [3.8, 4) is 34.0 Å². The lowest BCUT2D eigenvalue weighted by Gasteiger charge is -2.10. The molecule has 0 radical (unpaired) electrons. The second kappa shape index (κ2) is 8.15. The third kappa shape index (κ3) is 3.39. The van der Waals surface area contributed by atoms with Crippen molar-refractivity contribution in [1.29, 1.82) is 0 Å². The Bertz CT molecular complexity index is 1990. The van der Waals surface area contributed by atoms with E-state index < -0.39 is 0 Å². The van der Waals surface area contributed by atoms with Gasteiger partial charge in [0, 0.05) is 11.1 Å². The second-order valence-corrected chi connectivity index (χ2v) is 9.50. The monoisotopic (exact) mass is 488 g/mol. The van der Waals surface area contributed by atoms with Gasteiger partial charge in [0.1, 0.15) is 11.0 Å². The maximum absolute atomic E-state index is 6.15. The quantitative estimate of drug-likeness (QED) is 0.233. The van der Waals surface area contributed by atoms with Crippen LogP contribution in [-0.2, 0) is 0 Å². The van der Waals surface area contributed by atoms with Crippen molar-refractivity contribution >= 4 is 43.7 Å². The lowest BCUT2D eigenvalue weighted by molar-refractivity contribution is 0.617. The van der Waals surface area contributed by atoms with Crippen molar-refractivity contribution < 1.29 is 8.83 Å². The van der Waals surface area contributed by atoms with Crippen molar-refractivity contribution in [1.82, 2.24) is 9.97 Å². The molecule has 0 N–H and O–H groups in total. The van der Waals surface area contributed by atoms with Crippen LogP contribution in [0.4, 0.5) is 0 Å². The fraction of sp³-hybridized carbons (Fsp3) is 0. The Morgan fingerprint density at radius 2 is 0.947 bits per heavy atom. The molecule has 4 heteroatoms. The van der Waals surface area contributed by atoms with E-state index in [0.29, 0.717) is 11.8 Å². The van der Waals surface area contributed by atoms with Gasteiger partial charge in [0.05, 0.1) is 0 Å². The highest BCUT2D eigenvalue weighted by molar-refractivity contribution is 6.08. The van der Waals surface area contributed by atoms with E-state index in [1.54, 1.807) is 0 Å². The SMILES string of the molecule is c1ccc2c(c1)ccc1cc(-c3cc(-c4nc5ccccc5o4)cc(-c4nc5ccccc5o4)c3)ccc12. The molecule has 8 aromatic rings. The molecule has 38 heavy (non-hydrogen) atoms. The molecule has 0 unspecified atom stereocenters. The van der Waals surface area contributed by atoms with Crippen LogP contribution < -0.4 is 0 Å². The number of para-hydroxylation sites is 4. The van der Waals surface area contributed by atoms with Crippen LogP contribution >= 0.6 is 0 Å². The predicted molar refractivity (Wildman–Crippen MR) is 153 cm³/mol. The molecule has 4 nitrogen and oxygen atoms in total. The highest BCUT2D eigenvalue weighted by Gasteiger charge is 2.16. The number of oxazole rings is 2. The van der Waals surface area contributed by atoms with E-state index in [4.69, 9.17) is 18.8 Å². The summed E-state index contributed by atoms with van der Waals surface area (Å²) in [6.07, 6.45) is 0. The Balaban J connectivity index is 1.34. The van der Waals surface area contributed by atoms with Crippen molar-refractivity contribution in [2.45, 2.75) is 0 Å². The first-order valence-electron chi connectivity index (χ1n) is 12.6. The summed E-state index contributed by atoms with van der Waals surface area (Å²) in [4.78, 5) is 9.52. The highest BCUT2D eigenvalue weighted by atomic mass is 16.4. The van der Waals surface area contributed by atoms with E-state index in [1.807, 2.05) is 54.6 Å². The van der Waals surface area contributed by atoms with E-state index in [0.717, 1.165) is 44.5 Å². The molecule has 0 atom stereocenters. The van der Waals surface area contributed by atoms with Crippen LogP contribution in [0.3, 0.4) is 0 Å². The summed E-state index contributed by atoms with van der Waals surface area (Å²) in [5, 5.41) is 4.92. The molecule has 0 saturated carbocycles. The standard InChI is InChI=1S/C34H20N2O2/c1-2-8-27-21(7-1)13-14-23-17-22(15-16-28(23)27)24-18-25(33-35-29-9-3-5-11-31(29)37-33)20-26(19-24)34-36-30-10-4-6-12-32(30)38-34/h1-20H. The van der Waals surface area contributed by atoms with Crippen molar-refractivity contribution in [2.75, 3.05) is 0 Å². The maximum atomic E-state index is 6.15. The van der Waals surface area contributed by atoms with Gasteiger partial charge < -0.3 is 8.83 Å². The minimum atomic E-state index is 0.567. The number of nitrogens with zero attached hydrogens (tertiary/aromatic N) is 2. The third-order valence-corrected chi connectivity index (χ3v) is 7.09. The van der Waals surface area contributed by atoms with Gasteiger partial charge >= 0.3 is 0 Å². The Morgan fingerprint density at radius 3 is 1.63 bits per heavy atom. The molecule has 2 heterocycles. The van der Waals surface area contributed by atoms with E-state index in [1.165, 1.54) is 21.5 Å². The number of hydrogen-bond donors (Lipinski definition) is 0. The lowest BCUT2D eigenvalue weighted by atomic mass is 9.95. The number of rotatable bonds is 3. The van der Waals surface area contributed by atoms with Gasteiger partial charge in [-0.25, -0.2) is 9.97 Å². The zero-order valence-electron chi connectivity index (χ0n) is 20.3. The van der Waals surface area contributed by atoms with Crippen LogP contribution in [0.5, 0.6) is 0 Å². The number of fused-ring (bicyclic) bond motifs is 5. The normalized spacial score (nSPS) is 11.7. The van der Waals surface area contributed by atoms with Crippen LogP contribution in [0.15, 0.2) is 130 Å². The Labute approximate surface area is 217 Å². The summed E-state index contributed by atoms with van der Waals surface area (Å²) in [5.41, 5.74) is 7.05. The van der Waals surface area contributed by atoms with Gasteiger partial charge in [-0.1, -0.05) is 72.8 Å². The number of benzene rings is 6. The molecule has 0 bridgehead atoms. The molecule has 0 amide bonds. The molecule has 0 aliphatic rings. The third-order valence-electron chi connectivity index (χ3n) is 7.09. The molecule has 0 aliphatic heterocycles. The topological polar surface area (TPSA) is 52.1 Å². The lowest BCUT2D eigenvalue weighted by Crippen LogP contribution is -1.87. The molecule has 0 aliphatic carbocycles. The van der Waals surface area contributed by atoms with Crippen LogP contribution in [0.1, 0.15) is 0 Å². The van der Waals surface area contributed by atoms with Crippen molar-refractivity contribution in [3.63, 3.8) is 0 Å². The summed E-state index contributed by atoms with van der Waals surface area (Å²) < 4.78 is 12.3. The van der Waals surface area contributed by atoms with E-state index in [-0.39, 0.29) is 0 Å². The predicted octanol–water partition coefficient (Wildman–Crippen LogP) is 9.28. The largest absolute Gasteiger partial charge is 0.436 e. The summed E-state index contributed by atoms with van der Waals surface area (Å²) in [6, 6.07) is 41.4. The van der Waals surface area contributed by atoms with Gasteiger partial charge in [-0.3, -0.25) is 0 Å². The second-order valence-electron chi connectivity index (χ2n) is 9.50. The fourth-order valence-corrected chi connectivity index (χ4v) is 5.23. The summed E-state index contributed by atoms with van der Waals surface area (Å²) in [5.74, 6) is 1.13. The summed E-state index contributed by atoms with van der Waals surface area (Å²) in [7, 11) is 0. The van der Waals surface area contributed by atoms with E-state index in [2.05, 4.69) is 66.7 Å². The van der Waals surface area contributed by atoms with Gasteiger partial charge in [-0.05, 0) is 81.2 Å². The van der Waals surface area contributed by atoms with Crippen LogP contribution in [-0.4, -0.2) is 9.97 Å². The van der Waals surface area contributed by atoms with Gasteiger partial charge in [0.15, 0.2) is 11.2 Å². The molecular formula is C34H20N2O2. The van der Waals surface area contributed by atoms with Crippen LogP contribution in [0, 0.1) is 0 Å². The van der Waals surface area contributed by atoms with Gasteiger partial charge in [0.2, 0.25) is 11.8 Å². The zero-order chi connectivity index (χ0) is 25.1. The minimum absolute atomic E-state index is 0.567. The average molecular weight is 489 g/mol. The van der Waals surface area contributed by atoms with Crippen molar-refractivity contribution in [3.05, 3.63) is 121 Å². The molecular weight excluding hydrogens is 468 g/mol. The Morgan fingerprint density at radius 1 is 0.395 bits per heavy atom. The van der Waals surface area contributed by atoms with Gasteiger partial charge in [-0.15, -0.1) is 0 Å². The first kappa shape index (κ1) is 20.9. The maximum Gasteiger partial charge on any atom is 0.227 e. The smallest absolute Gasteiger partial charge is 0.227 e. The molecule has 0 saturated heterocycles. The average Bonchev–Trinajstić information content (AvgIpc) is 3.61. The van der Waals surface area contributed by atoms with Crippen LogP contribution in [0.25, 0.3) is 77.8 Å². The molecule has 0 spiro atoms. The number of aromatic nitrogens is 2. The minimum Gasteiger partial charge on any atom is -0.436 e. The number of hydrogen-bond acceptors (Lipinski definition) is 4. The zero-order valence-corrected chi connectivity index (χ0v) is 20.3. The molecule has 2 aromatic heterocycles. The molecule has 0 fully saturated rings. The first-order chi connectivity index (χ1) is 18.8. The highest BCUT2D eigenvalue weighted by Crippen LogP contribution is 2.36. The first-order valence-corrected chi connectivity index (χ1v) is 12.6. The molecule has 6 aromatic carbocycles. The summed E-state index contributed by atoms with van der Waals surface area (Å²) >= 11 is 0. The van der Waals surface area contributed by atoms with Gasteiger partial charge in [0.25, 0.3) is 0 Å². The van der Waals surface area contributed by atoms with Crippen molar-refractivity contribution in [2.24, 2.45) is 0 Å². The summed E-state index contributed by atoms with van der Waals surface area (Å²) in [6.45, 7) is 0. The fourth-order valence-electron chi connectivity index (χ4n) is 5.23. The van der Waals surface area contributed by atoms with Crippen LogP contribution in [0.2, 0.25) is 0 Å².